The fourth-order valence-electron chi connectivity index (χ4n) is 1.42. The third-order valence-electron chi connectivity index (χ3n) is 2.20. The Morgan fingerprint density at radius 2 is 1.92 bits per heavy atom. The van der Waals surface area contributed by atoms with Gasteiger partial charge in [-0.25, -0.2) is 0 Å². The highest BCUT2D eigenvalue weighted by atomic mass is 16.5. The zero-order valence-corrected chi connectivity index (χ0v) is 7.84. The highest BCUT2D eigenvalue weighted by Gasteiger charge is 2.09. The van der Waals surface area contributed by atoms with Crippen molar-refractivity contribution in [2.75, 3.05) is 31.2 Å². The second-order valence-corrected chi connectivity index (χ2v) is 3.27. The summed E-state index contributed by atoms with van der Waals surface area (Å²) in [5, 5.41) is 0. The van der Waals surface area contributed by atoms with E-state index in [4.69, 9.17) is 7.48 Å². The number of nitrogens with zero attached hydrogens (tertiary/aromatic N) is 1. The number of aryl methyl sites for hydroxylation is 1. The Bertz CT molecular complexity index is 339. The van der Waals surface area contributed by atoms with Crippen LogP contribution in [0.2, 0.25) is 0 Å². The second-order valence-electron chi connectivity index (χ2n) is 3.27. The molecule has 2 heteroatoms. The van der Waals surface area contributed by atoms with Crippen LogP contribution in [-0.2, 0) is 4.74 Å². The van der Waals surface area contributed by atoms with Gasteiger partial charge < -0.3 is 9.64 Å². The molecule has 0 N–H and O–H groups in total. The van der Waals surface area contributed by atoms with Crippen molar-refractivity contribution < 1.29 is 7.48 Å². The van der Waals surface area contributed by atoms with Crippen molar-refractivity contribution in [1.82, 2.24) is 0 Å². The zero-order chi connectivity index (χ0) is 10.8. The molecule has 0 saturated carbocycles. The smallest absolute Gasteiger partial charge is 0.0645 e. The molecule has 0 unspecified atom stereocenters. The van der Waals surface area contributed by atoms with Crippen molar-refractivity contribution in [1.29, 1.82) is 0 Å². The quantitative estimate of drug-likeness (QED) is 0.652. The van der Waals surface area contributed by atoms with Gasteiger partial charge in [-0.1, -0.05) is 17.7 Å². The normalized spacial score (nSPS) is 19.6. The van der Waals surface area contributed by atoms with Gasteiger partial charge in [-0.15, -0.1) is 0 Å². The van der Waals surface area contributed by atoms with E-state index in [2.05, 4.69) is 4.90 Å². The minimum atomic E-state index is 0.446. The van der Waals surface area contributed by atoms with Crippen LogP contribution in [0.25, 0.3) is 0 Å². The topological polar surface area (TPSA) is 12.5 Å². The van der Waals surface area contributed by atoms with Crippen molar-refractivity contribution in [3.63, 3.8) is 0 Å². The van der Waals surface area contributed by atoms with Crippen LogP contribution in [0.1, 0.15) is 8.30 Å². The van der Waals surface area contributed by atoms with Gasteiger partial charge in [-0.05, 0) is 19.0 Å². The van der Waals surface area contributed by atoms with Gasteiger partial charge in [0.05, 0.1) is 16.0 Å². The maximum Gasteiger partial charge on any atom is 0.0645 e. The Balaban J connectivity index is 2.33. The largest absolute Gasteiger partial charge is 0.378 e. The lowest BCUT2D eigenvalue weighted by molar-refractivity contribution is 0.122. The van der Waals surface area contributed by atoms with E-state index in [-0.39, 0.29) is 0 Å². The molecule has 0 amide bonds. The van der Waals surface area contributed by atoms with Crippen LogP contribution in [-0.4, -0.2) is 26.3 Å². The minimum absolute atomic E-state index is 0.446. The maximum absolute atomic E-state index is 7.89. The molecule has 0 atom stereocenters. The number of hydrogen-bond acceptors (Lipinski definition) is 2. The Kier molecular flexibility index (Phi) is 1.88. The van der Waals surface area contributed by atoms with Gasteiger partial charge >= 0.3 is 0 Å². The number of hydrogen-bond donors (Lipinski definition) is 0. The fourth-order valence-corrected chi connectivity index (χ4v) is 1.42. The first-order chi connectivity index (χ1) is 7.18. The van der Waals surface area contributed by atoms with Crippen LogP contribution in [0.3, 0.4) is 0 Å². The molecule has 1 fully saturated rings. The summed E-state index contributed by atoms with van der Waals surface area (Å²) in [5.41, 5.74) is 1.71. The first kappa shape index (κ1) is 6.44. The van der Waals surface area contributed by atoms with Crippen LogP contribution in [0.5, 0.6) is 0 Å². The molecule has 1 saturated heterocycles. The molecule has 0 aromatic heterocycles. The monoisotopic (exact) mass is 179 g/mol. The molecule has 70 valence electrons. The first-order valence-corrected chi connectivity index (χ1v) is 4.59. The molecule has 1 aromatic rings. The highest BCUT2D eigenvalue weighted by Crippen LogP contribution is 2.15. The third kappa shape index (κ3) is 2.01. The average molecular weight is 179 g/mol. The second kappa shape index (κ2) is 3.79. The molecule has 0 bridgehead atoms. The van der Waals surface area contributed by atoms with Crippen LogP contribution < -0.4 is 4.90 Å². The predicted octanol–water partition coefficient (Wildman–Crippen LogP) is 1.83. The SMILES string of the molecule is [2H]c1cc(C)cc([2H])c1N1CCOCC1. The molecule has 0 spiro atoms. The van der Waals surface area contributed by atoms with E-state index in [1.165, 1.54) is 0 Å². The summed E-state index contributed by atoms with van der Waals surface area (Å²) in [6.07, 6.45) is 0. The first-order valence-electron chi connectivity index (χ1n) is 5.59. The van der Waals surface area contributed by atoms with Gasteiger partial charge in [0.15, 0.2) is 0 Å². The number of benzene rings is 1. The van der Waals surface area contributed by atoms with Crippen molar-refractivity contribution in [3.05, 3.63) is 29.8 Å². The number of anilines is 1. The molecule has 0 radical (unpaired) electrons. The number of morpholine rings is 1. The molecule has 1 heterocycles. The van der Waals surface area contributed by atoms with Crippen molar-refractivity contribution in [2.45, 2.75) is 6.92 Å². The number of rotatable bonds is 1. The van der Waals surface area contributed by atoms with Crippen LogP contribution in [0.15, 0.2) is 24.2 Å². The van der Waals surface area contributed by atoms with E-state index >= 15 is 0 Å². The maximum atomic E-state index is 7.89. The average Bonchev–Trinajstić information content (AvgIpc) is 2.17. The summed E-state index contributed by atoms with van der Waals surface area (Å²) in [6.45, 7) is 4.85. The summed E-state index contributed by atoms with van der Waals surface area (Å²) in [7, 11) is 0. The standard InChI is InChI=1S/C11H15NO/c1-10-2-4-11(5-3-10)12-6-8-13-9-7-12/h2-5H,6-9H2,1H3/i4D,5D. The summed E-state index contributed by atoms with van der Waals surface area (Å²) in [6, 6.07) is 4.51. The van der Waals surface area contributed by atoms with Crippen molar-refractivity contribution in [2.24, 2.45) is 0 Å². The third-order valence-corrected chi connectivity index (χ3v) is 2.20. The van der Waals surface area contributed by atoms with Crippen molar-refractivity contribution >= 4 is 5.69 Å². The Labute approximate surface area is 81.9 Å². The zero-order valence-electron chi connectivity index (χ0n) is 9.84. The summed E-state index contributed by atoms with van der Waals surface area (Å²) >= 11 is 0. The summed E-state index contributed by atoms with van der Waals surface area (Å²) in [5.74, 6) is 0. The Morgan fingerprint density at radius 3 is 2.54 bits per heavy atom. The van der Waals surface area contributed by atoms with E-state index in [1.54, 1.807) is 0 Å². The summed E-state index contributed by atoms with van der Waals surface area (Å²) < 4.78 is 21.0. The molecule has 1 aliphatic heterocycles. The minimum Gasteiger partial charge on any atom is -0.378 e. The van der Waals surface area contributed by atoms with Crippen LogP contribution in [0, 0.1) is 6.92 Å². The fraction of sp³-hybridized carbons (Fsp3) is 0.455. The van der Waals surface area contributed by atoms with Crippen LogP contribution in [0.4, 0.5) is 5.69 Å². The lowest BCUT2D eigenvalue weighted by Gasteiger charge is -2.28. The van der Waals surface area contributed by atoms with E-state index in [0.717, 1.165) is 24.3 Å². The van der Waals surface area contributed by atoms with Gasteiger partial charge in [0, 0.05) is 18.8 Å². The van der Waals surface area contributed by atoms with Gasteiger partial charge in [0.2, 0.25) is 0 Å². The highest BCUT2D eigenvalue weighted by molar-refractivity contribution is 5.47. The summed E-state index contributed by atoms with van der Waals surface area (Å²) in [4.78, 5) is 2.06. The molecule has 1 aliphatic rings. The van der Waals surface area contributed by atoms with E-state index in [9.17, 15) is 0 Å². The van der Waals surface area contributed by atoms with Gasteiger partial charge in [-0.2, -0.15) is 0 Å². The van der Waals surface area contributed by atoms with E-state index in [0.29, 0.717) is 25.3 Å². The van der Waals surface area contributed by atoms with Gasteiger partial charge in [-0.3, -0.25) is 0 Å². The van der Waals surface area contributed by atoms with E-state index in [1.807, 2.05) is 19.1 Å². The molecular weight excluding hydrogens is 162 g/mol. The lowest BCUT2D eigenvalue weighted by atomic mass is 10.2. The number of ether oxygens (including phenoxy) is 1. The molecular formula is C11H15NO. The van der Waals surface area contributed by atoms with Gasteiger partial charge in [0.1, 0.15) is 0 Å². The van der Waals surface area contributed by atoms with E-state index < -0.39 is 0 Å². The molecule has 0 aliphatic carbocycles. The molecule has 1 aromatic carbocycles. The molecule has 2 nitrogen and oxygen atoms in total. The van der Waals surface area contributed by atoms with Gasteiger partial charge in [0.25, 0.3) is 0 Å². The lowest BCUT2D eigenvalue weighted by Crippen LogP contribution is -2.36. The molecule has 13 heavy (non-hydrogen) atoms. The Hall–Kier alpha value is -1.02. The van der Waals surface area contributed by atoms with Crippen molar-refractivity contribution in [3.8, 4) is 0 Å². The Morgan fingerprint density at radius 1 is 1.31 bits per heavy atom. The predicted molar refractivity (Wildman–Crippen MR) is 54.2 cm³/mol. The molecule has 2 rings (SSSR count). The van der Waals surface area contributed by atoms with Crippen LogP contribution >= 0.6 is 0 Å².